The van der Waals surface area contributed by atoms with Gasteiger partial charge in [0.15, 0.2) is 23.1 Å². The number of halogens is 1. The molecule has 0 spiro atoms. The van der Waals surface area contributed by atoms with Gasteiger partial charge in [-0.15, -0.1) is 0 Å². The highest BCUT2D eigenvalue weighted by atomic mass is 79.9. The van der Waals surface area contributed by atoms with Crippen LogP contribution in [-0.4, -0.2) is 17.4 Å². The molecule has 6 heteroatoms. The van der Waals surface area contributed by atoms with Crippen LogP contribution in [0.25, 0.3) is 11.3 Å². The zero-order valence-electron chi connectivity index (χ0n) is 8.40. The van der Waals surface area contributed by atoms with Crippen molar-refractivity contribution in [3.05, 3.63) is 22.7 Å². The number of nitrogens with two attached hydrogens (primary N) is 1. The molecular formula is C10H9BrN2O3. The lowest BCUT2D eigenvalue weighted by Crippen LogP contribution is -1.86. The molecule has 2 rings (SSSR count). The van der Waals surface area contributed by atoms with Crippen LogP contribution in [0.5, 0.6) is 11.5 Å². The Hall–Kier alpha value is -1.69. The van der Waals surface area contributed by atoms with Crippen LogP contribution in [0.3, 0.4) is 0 Å². The minimum absolute atomic E-state index is 0.00923. The SMILES string of the molecule is COc1ccc(-c2cc(N)no2)c(Br)c1O. The molecule has 0 radical (unpaired) electrons. The van der Waals surface area contributed by atoms with E-state index in [1.165, 1.54) is 7.11 Å². The van der Waals surface area contributed by atoms with E-state index in [-0.39, 0.29) is 11.6 Å². The Bertz CT molecular complexity index is 525. The summed E-state index contributed by atoms with van der Waals surface area (Å²) in [6.07, 6.45) is 0. The number of anilines is 1. The second-order valence-corrected chi connectivity index (χ2v) is 3.89. The van der Waals surface area contributed by atoms with Crippen LogP contribution < -0.4 is 10.5 Å². The van der Waals surface area contributed by atoms with E-state index in [2.05, 4.69) is 21.1 Å². The van der Waals surface area contributed by atoms with Crippen molar-refractivity contribution in [3.63, 3.8) is 0 Å². The van der Waals surface area contributed by atoms with Crippen LogP contribution >= 0.6 is 15.9 Å². The maximum atomic E-state index is 9.78. The Labute approximate surface area is 99.9 Å². The maximum absolute atomic E-state index is 9.78. The van der Waals surface area contributed by atoms with E-state index >= 15 is 0 Å². The van der Waals surface area contributed by atoms with Gasteiger partial charge in [-0.05, 0) is 28.1 Å². The lowest BCUT2D eigenvalue weighted by atomic mass is 10.1. The summed E-state index contributed by atoms with van der Waals surface area (Å²) in [5.41, 5.74) is 6.11. The van der Waals surface area contributed by atoms with Gasteiger partial charge in [-0.3, -0.25) is 0 Å². The van der Waals surface area contributed by atoms with E-state index in [0.29, 0.717) is 21.5 Å². The standard InChI is InChI=1S/C10H9BrN2O3/c1-15-6-3-2-5(9(11)10(6)14)7-4-8(12)13-16-7/h2-4,14H,1H3,(H2,12,13). The smallest absolute Gasteiger partial charge is 0.172 e. The second-order valence-electron chi connectivity index (χ2n) is 3.09. The lowest BCUT2D eigenvalue weighted by Gasteiger charge is -2.07. The predicted octanol–water partition coefficient (Wildman–Crippen LogP) is 2.40. The largest absolute Gasteiger partial charge is 0.503 e. The van der Waals surface area contributed by atoms with E-state index in [0.717, 1.165) is 0 Å². The fourth-order valence-corrected chi connectivity index (χ4v) is 1.84. The third kappa shape index (κ3) is 1.71. The van der Waals surface area contributed by atoms with Crippen molar-refractivity contribution < 1.29 is 14.4 Å². The number of methoxy groups -OCH3 is 1. The topological polar surface area (TPSA) is 81.5 Å². The van der Waals surface area contributed by atoms with Crippen LogP contribution in [0, 0.1) is 0 Å². The Balaban J connectivity index is 2.55. The molecule has 84 valence electrons. The van der Waals surface area contributed by atoms with Gasteiger partial charge in [0.2, 0.25) is 0 Å². The summed E-state index contributed by atoms with van der Waals surface area (Å²) in [7, 11) is 1.48. The normalized spacial score (nSPS) is 10.4. The summed E-state index contributed by atoms with van der Waals surface area (Å²) in [5.74, 6) is 1.15. The average molecular weight is 285 g/mol. The molecule has 16 heavy (non-hydrogen) atoms. The van der Waals surface area contributed by atoms with Gasteiger partial charge >= 0.3 is 0 Å². The number of phenols is 1. The number of rotatable bonds is 2. The first-order valence-electron chi connectivity index (χ1n) is 4.41. The molecule has 0 bridgehead atoms. The van der Waals surface area contributed by atoms with Gasteiger partial charge in [0.25, 0.3) is 0 Å². The van der Waals surface area contributed by atoms with Crippen LogP contribution in [0.15, 0.2) is 27.2 Å². The fraction of sp³-hybridized carbons (Fsp3) is 0.100. The summed E-state index contributed by atoms with van der Waals surface area (Å²) in [6, 6.07) is 4.95. The molecule has 0 saturated heterocycles. The number of nitrogens with zero attached hydrogens (tertiary/aromatic N) is 1. The van der Waals surface area contributed by atoms with Gasteiger partial charge in [-0.1, -0.05) is 5.16 Å². The van der Waals surface area contributed by atoms with Gasteiger partial charge < -0.3 is 20.1 Å². The Morgan fingerprint density at radius 1 is 1.50 bits per heavy atom. The molecule has 0 aliphatic rings. The number of hydrogen-bond donors (Lipinski definition) is 2. The van der Waals surface area contributed by atoms with Crippen molar-refractivity contribution in [2.75, 3.05) is 12.8 Å². The van der Waals surface area contributed by atoms with E-state index in [9.17, 15) is 5.11 Å². The van der Waals surface area contributed by atoms with Crippen molar-refractivity contribution >= 4 is 21.7 Å². The Kier molecular flexibility index (Phi) is 2.74. The molecule has 1 heterocycles. The minimum Gasteiger partial charge on any atom is -0.503 e. The minimum atomic E-state index is 0.00923. The number of hydrogen-bond acceptors (Lipinski definition) is 5. The second kappa shape index (κ2) is 4.05. The number of aromatic nitrogens is 1. The van der Waals surface area contributed by atoms with E-state index < -0.39 is 0 Å². The predicted molar refractivity (Wildman–Crippen MR) is 62.3 cm³/mol. The number of benzene rings is 1. The molecule has 2 aromatic rings. The first-order valence-corrected chi connectivity index (χ1v) is 5.20. The third-order valence-corrected chi connectivity index (χ3v) is 2.90. The van der Waals surface area contributed by atoms with Crippen molar-refractivity contribution in [2.45, 2.75) is 0 Å². The van der Waals surface area contributed by atoms with Crippen molar-refractivity contribution in [1.82, 2.24) is 5.16 Å². The average Bonchev–Trinajstić information content (AvgIpc) is 2.69. The molecule has 0 aliphatic carbocycles. The maximum Gasteiger partial charge on any atom is 0.172 e. The quantitative estimate of drug-likeness (QED) is 0.885. The number of aromatic hydroxyl groups is 1. The van der Waals surface area contributed by atoms with Crippen molar-refractivity contribution in [3.8, 4) is 22.8 Å². The van der Waals surface area contributed by atoms with E-state index in [1.807, 2.05) is 0 Å². The molecule has 1 aromatic heterocycles. The van der Waals surface area contributed by atoms with E-state index in [1.54, 1.807) is 18.2 Å². The molecule has 0 atom stereocenters. The number of ether oxygens (including phenoxy) is 1. The van der Waals surface area contributed by atoms with Crippen molar-refractivity contribution in [2.24, 2.45) is 0 Å². The molecule has 0 fully saturated rings. The molecule has 0 saturated carbocycles. The van der Waals surface area contributed by atoms with Gasteiger partial charge in [-0.2, -0.15) is 0 Å². The number of nitrogen functional groups attached to an aromatic ring is 1. The third-order valence-electron chi connectivity index (χ3n) is 2.09. The highest BCUT2D eigenvalue weighted by molar-refractivity contribution is 9.10. The zero-order valence-corrected chi connectivity index (χ0v) is 9.98. The van der Waals surface area contributed by atoms with Crippen molar-refractivity contribution in [1.29, 1.82) is 0 Å². The monoisotopic (exact) mass is 284 g/mol. The van der Waals surface area contributed by atoms with Gasteiger partial charge in [0.1, 0.15) is 0 Å². The highest BCUT2D eigenvalue weighted by Gasteiger charge is 2.15. The molecule has 5 nitrogen and oxygen atoms in total. The number of phenolic OH excluding ortho intramolecular Hbond substituents is 1. The molecule has 0 unspecified atom stereocenters. The lowest BCUT2D eigenvalue weighted by molar-refractivity contribution is 0.371. The Morgan fingerprint density at radius 2 is 2.25 bits per heavy atom. The van der Waals surface area contributed by atoms with Crippen LogP contribution in [0.4, 0.5) is 5.82 Å². The van der Waals surface area contributed by atoms with Gasteiger partial charge in [-0.25, -0.2) is 0 Å². The van der Waals surface area contributed by atoms with Crippen LogP contribution in [0.2, 0.25) is 0 Å². The summed E-state index contributed by atoms with van der Waals surface area (Å²) < 4.78 is 10.4. The summed E-state index contributed by atoms with van der Waals surface area (Å²) in [5, 5.41) is 13.4. The molecule has 3 N–H and O–H groups in total. The summed E-state index contributed by atoms with van der Waals surface area (Å²) in [6.45, 7) is 0. The molecule has 0 aliphatic heterocycles. The first-order chi connectivity index (χ1) is 7.63. The Morgan fingerprint density at radius 3 is 2.81 bits per heavy atom. The fourth-order valence-electron chi connectivity index (χ4n) is 1.32. The summed E-state index contributed by atoms with van der Waals surface area (Å²) in [4.78, 5) is 0. The van der Waals surface area contributed by atoms with Crippen LogP contribution in [-0.2, 0) is 0 Å². The molecule has 0 amide bonds. The zero-order chi connectivity index (χ0) is 11.7. The van der Waals surface area contributed by atoms with Crippen LogP contribution in [0.1, 0.15) is 0 Å². The summed E-state index contributed by atoms with van der Waals surface area (Å²) >= 11 is 3.26. The van der Waals surface area contributed by atoms with Gasteiger partial charge in [0, 0.05) is 11.6 Å². The van der Waals surface area contributed by atoms with E-state index in [4.69, 9.17) is 15.0 Å². The molecule has 1 aromatic carbocycles. The molecular weight excluding hydrogens is 276 g/mol. The highest BCUT2D eigenvalue weighted by Crippen LogP contribution is 2.41. The van der Waals surface area contributed by atoms with Gasteiger partial charge in [0.05, 0.1) is 11.6 Å². The first kappa shape index (κ1) is 10.8.